The lowest BCUT2D eigenvalue weighted by atomic mass is 9.48. The molecule has 1 aromatic carbocycles. The minimum Gasteiger partial charge on any atom is -0.488 e. The van der Waals surface area contributed by atoms with Gasteiger partial charge < -0.3 is 9.22 Å². The van der Waals surface area contributed by atoms with Gasteiger partial charge in [0.1, 0.15) is 18.9 Å². The van der Waals surface area contributed by atoms with Gasteiger partial charge in [-0.3, -0.25) is 0 Å². The highest BCUT2D eigenvalue weighted by Crippen LogP contribution is 2.60. The van der Waals surface area contributed by atoms with Gasteiger partial charge in [0.25, 0.3) is 0 Å². The van der Waals surface area contributed by atoms with Crippen molar-refractivity contribution in [3.05, 3.63) is 29.8 Å². The lowest BCUT2D eigenvalue weighted by Crippen LogP contribution is -2.53. The molecule has 1 saturated heterocycles. The molecule has 4 saturated carbocycles. The van der Waals surface area contributed by atoms with Gasteiger partial charge in [0.15, 0.2) is 0 Å². The van der Waals surface area contributed by atoms with E-state index in [0.717, 1.165) is 30.1 Å². The molecule has 0 radical (unpaired) electrons. The Labute approximate surface area is 165 Å². The third kappa shape index (κ3) is 3.43. The number of quaternary nitrogens is 1. The van der Waals surface area contributed by atoms with E-state index in [0.29, 0.717) is 5.41 Å². The SMILES string of the molecule is CC[N+]1(CCOc2ccc(C34CC5CC(CC(C5)C3)C4)cc2)CCCCC1. The summed E-state index contributed by atoms with van der Waals surface area (Å²) in [5, 5.41) is 0. The molecule has 0 atom stereocenters. The van der Waals surface area contributed by atoms with E-state index in [4.69, 9.17) is 4.74 Å². The summed E-state index contributed by atoms with van der Waals surface area (Å²) >= 11 is 0. The van der Waals surface area contributed by atoms with Gasteiger partial charge in [0, 0.05) is 0 Å². The summed E-state index contributed by atoms with van der Waals surface area (Å²) in [6.07, 6.45) is 13.2. The van der Waals surface area contributed by atoms with Crippen molar-refractivity contribution in [3.8, 4) is 5.75 Å². The largest absolute Gasteiger partial charge is 0.488 e. The fraction of sp³-hybridized carbons (Fsp3) is 0.760. The zero-order valence-corrected chi connectivity index (χ0v) is 17.3. The summed E-state index contributed by atoms with van der Waals surface area (Å²) in [4.78, 5) is 0. The highest BCUT2D eigenvalue weighted by molar-refractivity contribution is 5.34. The van der Waals surface area contributed by atoms with Gasteiger partial charge in [0.2, 0.25) is 0 Å². The maximum absolute atomic E-state index is 6.19. The number of rotatable bonds is 6. The fourth-order valence-electron chi connectivity index (χ4n) is 7.61. The second-order valence-electron chi connectivity index (χ2n) is 10.5. The molecular formula is C25H38NO+. The number of piperidine rings is 1. The van der Waals surface area contributed by atoms with E-state index >= 15 is 0 Å². The summed E-state index contributed by atoms with van der Waals surface area (Å²) in [6.45, 7) is 8.35. The molecule has 27 heavy (non-hydrogen) atoms. The topological polar surface area (TPSA) is 9.23 Å². The lowest BCUT2D eigenvalue weighted by Gasteiger charge is -2.57. The molecule has 6 rings (SSSR count). The number of likely N-dealkylation sites (N-methyl/N-ethyl adjacent to an activating group) is 1. The molecular weight excluding hydrogens is 330 g/mol. The molecule has 148 valence electrons. The van der Waals surface area contributed by atoms with Crippen molar-refractivity contribution in [1.29, 1.82) is 0 Å². The fourth-order valence-corrected chi connectivity index (χ4v) is 7.61. The number of hydrogen-bond donors (Lipinski definition) is 0. The predicted octanol–water partition coefficient (Wildman–Crippen LogP) is 5.55. The van der Waals surface area contributed by atoms with Crippen LogP contribution in [-0.4, -0.2) is 37.3 Å². The molecule has 2 heteroatoms. The van der Waals surface area contributed by atoms with Gasteiger partial charge >= 0.3 is 0 Å². The molecule has 0 unspecified atom stereocenters. The molecule has 5 aliphatic rings. The Morgan fingerprint density at radius 1 is 0.889 bits per heavy atom. The number of hydrogen-bond acceptors (Lipinski definition) is 1. The van der Waals surface area contributed by atoms with Crippen molar-refractivity contribution in [2.24, 2.45) is 17.8 Å². The highest BCUT2D eigenvalue weighted by atomic mass is 16.5. The van der Waals surface area contributed by atoms with Gasteiger partial charge in [-0.25, -0.2) is 0 Å². The van der Waals surface area contributed by atoms with E-state index in [2.05, 4.69) is 31.2 Å². The molecule has 4 aliphatic carbocycles. The standard InChI is InChI=1S/C25H38NO/c1-2-26(10-4-3-5-11-26)12-13-27-24-8-6-23(7-9-24)25-17-20-14-21(18-25)16-22(15-20)19-25/h6-9,20-22H,2-5,10-19H2,1H3/q+1. The Morgan fingerprint density at radius 2 is 1.48 bits per heavy atom. The van der Waals surface area contributed by atoms with E-state index in [1.807, 2.05) is 0 Å². The Morgan fingerprint density at radius 3 is 2.04 bits per heavy atom. The van der Waals surface area contributed by atoms with Gasteiger partial charge in [-0.2, -0.15) is 0 Å². The second kappa shape index (κ2) is 7.10. The Balaban J connectivity index is 1.21. The first kappa shape index (κ1) is 18.0. The van der Waals surface area contributed by atoms with Crippen LogP contribution in [0.15, 0.2) is 24.3 Å². The number of nitrogens with zero attached hydrogens (tertiary/aromatic N) is 1. The van der Waals surface area contributed by atoms with Crippen molar-refractivity contribution < 1.29 is 9.22 Å². The van der Waals surface area contributed by atoms with Crippen LogP contribution in [0.25, 0.3) is 0 Å². The van der Waals surface area contributed by atoms with Crippen LogP contribution in [0, 0.1) is 17.8 Å². The molecule has 4 bridgehead atoms. The van der Waals surface area contributed by atoms with Crippen LogP contribution in [0.1, 0.15) is 70.3 Å². The van der Waals surface area contributed by atoms with E-state index in [1.165, 1.54) is 88.4 Å². The summed E-state index contributed by atoms with van der Waals surface area (Å²) in [5.41, 5.74) is 2.13. The van der Waals surface area contributed by atoms with E-state index in [9.17, 15) is 0 Å². The van der Waals surface area contributed by atoms with Crippen LogP contribution in [-0.2, 0) is 5.41 Å². The zero-order chi connectivity index (χ0) is 18.3. The molecule has 1 heterocycles. The van der Waals surface area contributed by atoms with Gasteiger partial charge in [-0.1, -0.05) is 12.1 Å². The minimum absolute atomic E-state index is 0.512. The number of benzene rings is 1. The number of likely N-dealkylation sites (tertiary alicyclic amines) is 1. The molecule has 2 nitrogen and oxygen atoms in total. The molecule has 1 aliphatic heterocycles. The van der Waals surface area contributed by atoms with E-state index in [-0.39, 0.29) is 0 Å². The maximum Gasteiger partial charge on any atom is 0.137 e. The summed E-state index contributed by atoms with van der Waals surface area (Å²) in [7, 11) is 0. The summed E-state index contributed by atoms with van der Waals surface area (Å²) < 4.78 is 7.46. The minimum atomic E-state index is 0.512. The predicted molar refractivity (Wildman–Crippen MR) is 111 cm³/mol. The van der Waals surface area contributed by atoms with Crippen LogP contribution < -0.4 is 4.74 Å². The van der Waals surface area contributed by atoms with E-state index in [1.54, 1.807) is 5.56 Å². The lowest BCUT2D eigenvalue weighted by molar-refractivity contribution is -0.930. The molecule has 5 fully saturated rings. The first-order chi connectivity index (χ1) is 13.2. The number of ether oxygens (including phenoxy) is 1. The third-order valence-electron chi connectivity index (χ3n) is 8.78. The van der Waals surface area contributed by atoms with Gasteiger partial charge in [-0.05, 0) is 106 Å². The summed E-state index contributed by atoms with van der Waals surface area (Å²) in [6, 6.07) is 9.35. The molecule has 0 aromatic heterocycles. The second-order valence-corrected chi connectivity index (χ2v) is 10.5. The third-order valence-corrected chi connectivity index (χ3v) is 8.78. The Kier molecular flexibility index (Phi) is 4.74. The quantitative estimate of drug-likeness (QED) is 0.598. The molecule has 1 aromatic rings. The van der Waals surface area contributed by atoms with Crippen LogP contribution >= 0.6 is 0 Å². The average molecular weight is 369 g/mol. The van der Waals surface area contributed by atoms with Crippen molar-refractivity contribution in [3.63, 3.8) is 0 Å². The van der Waals surface area contributed by atoms with Crippen LogP contribution in [0.3, 0.4) is 0 Å². The molecule has 0 spiro atoms. The first-order valence-corrected chi connectivity index (χ1v) is 11.8. The smallest absolute Gasteiger partial charge is 0.137 e. The highest BCUT2D eigenvalue weighted by Gasteiger charge is 2.51. The molecule has 0 amide bonds. The monoisotopic (exact) mass is 368 g/mol. The normalized spacial score (nSPS) is 36.7. The zero-order valence-electron chi connectivity index (χ0n) is 17.3. The molecule has 0 N–H and O–H groups in total. The van der Waals surface area contributed by atoms with Crippen molar-refractivity contribution in [2.75, 3.05) is 32.8 Å². The van der Waals surface area contributed by atoms with Crippen molar-refractivity contribution in [2.45, 2.75) is 70.1 Å². The van der Waals surface area contributed by atoms with Crippen molar-refractivity contribution >= 4 is 0 Å². The van der Waals surface area contributed by atoms with Gasteiger partial charge in [0.05, 0.1) is 19.6 Å². The maximum atomic E-state index is 6.19. The average Bonchev–Trinajstić information content (AvgIpc) is 2.68. The Hall–Kier alpha value is -1.02. The van der Waals surface area contributed by atoms with Crippen molar-refractivity contribution in [1.82, 2.24) is 0 Å². The van der Waals surface area contributed by atoms with Gasteiger partial charge in [-0.15, -0.1) is 0 Å². The summed E-state index contributed by atoms with van der Waals surface area (Å²) in [5.74, 6) is 4.14. The Bertz CT molecular complexity index is 608. The van der Waals surface area contributed by atoms with Crippen LogP contribution in [0.4, 0.5) is 0 Å². The van der Waals surface area contributed by atoms with Crippen LogP contribution in [0.2, 0.25) is 0 Å². The first-order valence-electron chi connectivity index (χ1n) is 11.8. The van der Waals surface area contributed by atoms with Crippen LogP contribution in [0.5, 0.6) is 5.75 Å². The van der Waals surface area contributed by atoms with E-state index < -0.39 is 0 Å².